The Bertz CT molecular complexity index is 567. The summed E-state index contributed by atoms with van der Waals surface area (Å²) in [5.74, 6) is 0.512. The van der Waals surface area contributed by atoms with E-state index in [0.29, 0.717) is 19.4 Å². The van der Waals surface area contributed by atoms with Crippen molar-refractivity contribution >= 4 is 23.2 Å². The van der Waals surface area contributed by atoms with Crippen molar-refractivity contribution < 1.29 is 9.59 Å². The molecule has 1 unspecified atom stereocenters. The number of carbonyl (C=O) groups is 2. The topological polar surface area (TPSA) is 40.6 Å². The van der Waals surface area contributed by atoms with Crippen molar-refractivity contribution in [1.29, 1.82) is 0 Å². The van der Waals surface area contributed by atoms with Crippen molar-refractivity contribution in [2.24, 2.45) is 5.92 Å². The Morgan fingerprint density at radius 1 is 1.15 bits per heavy atom. The van der Waals surface area contributed by atoms with Crippen molar-refractivity contribution in [3.63, 3.8) is 0 Å². The first-order chi connectivity index (χ1) is 9.69. The second-order valence-electron chi connectivity index (χ2n) is 5.37. The highest BCUT2D eigenvalue weighted by Gasteiger charge is 2.29. The molecule has 3 rings (SSSR count). The summed E-state index contributed by atoms with van der Waals surface area (Å²) in [6.07, 6.45) is 3.89. The summed E-state index contributed by atoms with van der Waals surface area (Å²) >= 11 is 0. The van der Waals surface area contributed by atoms with Gasteiger partial charge in [-0.1, -0.05) is 12.1 Å². The summed E-state index contributed by atoms with van der Waals surface area (Å²) in [6.45, 7) is 5.21. The number of hydrogen-bond donors (Lipinski definition) is 0. The number of amides is 2. The number of anilines is 2. The molecule has 1 aromatic rings. The minimum absolute atomic E-state index is 0.125. The second kappa shape index (κ2) is 5.12. The number of nitrogens with zero attached hydrogens (tertiary/aromatic N) is 2. The van der Waals surface area contributed by atoms with Gasteiger partial charge in [-0.25, -0.2) is 0 Å². The number of carbonyl (C=O) groups excluding carboxylic acids is 2. The molecule has 1 atom stereocenters. The van der Waals surface area contributed by atoms with Crippen LogP contribution in [-0.2, 0) is 9.59 Å². The Hall–Kier alpha value is -2.10. The maximum Gasteiger partial charge on any atom is 0.227 e. The predicted molar refractivity (Wildman–Crippen MR) is 78.7 cm³/mol. The molecule has 0 N–H and O–H groups in total. The first kappa shape index (κ1) is 12.9. The first-order valence-electron chi connectivity index (χ1n) is 7.02. The molecule has 2 fully saturated rings. The van der Waals surface area contributed by atoms with Crippen LogP contribution in [0.3, 0.4) is 0 Å². The summed E-state index contributed by atoms with van der Waals surface area (Å²) in [6, 6.07) is 7.70. The molecular weight excluding hydrogens is 252 g/mol. The number of benzene rings is 1. The van der Waals surface area contributed by atoms with Gasteiger partial charge in [-0.2, -0.15) is 0 Å². The largest absolute Gasteiger partial charge is 0.312 e. The highest BCUT2D eigenvalue weighted by Crippen LogP contribution is 2.30. The molecule has 0 bridgehead atoms. The van der Waals surface area contributed by atoms with E-state index in [1.54, 1.807) is 9.80 Å². The fraction of sp³-hybridized carbons (Fsp3) is 0.375. The third kappa shape index (κ3) is 2.22. The van der Waals surface area contributed by atoms with Crippen LogP contribution in [0.4, 0.5) is 11.4 Å². The quantitative estimate of drug-likeness (QED) is 0.791. The van der Waals surface area contributed by atoms with Gasteiger partial charge in [0, 0.05) is 43.2 Å². The SMILES string of the molecule is C=CC1CC(=O)N(c2cccc(N3CCCC3=O)c2)C1. The van der Waals surface area contributed by atoms with E-state index in [0.717, 1.165) is 24.3 Å². The molecule has 104 valence electrons. The van der Waals surface area contributed by atoms with Gasteiger partial charge in [0.05, 0.1) is 0 Å². The zero-order chi connectivity index (χ0) is 14.1. The van der Waals surface area contributed by atoms with Gasteiger partial charge in [0.1, 0.15) is 0 Å². The van der Waals surface area contributed by atoms with Gasteiger partial charge in [0.25, 0.3) is 0 Å². The van der Waals surface area contributed by atoms with E-state index >= 15 is 0 Å². The summed E-state index contributed by atoms with van der Waals surface area (Å²) in [5, 5.41) is 0. The smallest absolute Gasteiger partial charge is 0.227 e. The summed E-state index contributed by atoms with van der Waals surface area (Å²) < 4.78 is 0. The fourth-order valence-electron chi connectivity index (χ4n) is 2.89. The third-order valence-corrected chi connectivity index (χ3v) is 4.01. The molecule has 0 spiro atoms. The maximum atomic E-state index is 12.0. The van der Waals surface area contributed by atoms with Gasteiger partial charge in [-0.05, 0) is 24.6 Å². The van der Waals surface area contributed by atoms with Crippen LogP contribution in [0.5, 0.6) is 0 Å². The Labute approximate surface area is 118 Å². The van der Waals surface area contributed by atoms with Gasteiger partial charge in [0.2, 0.25) is 11.8 Å². The molecule has 4 nitrogen and oxygen atoms in total. The monoisotopic (exact) mass is 270 g/mol. The molecule has 2 saturated heterocycles. The van der Waals surface area contributed by atoms with Crippen LogP contribution in [0.25, 0.3) is 0 Å². The molecule has 0 aromatic heterocycles. The molecule has 2 amide bonds. The second-order valence-corrected chi connectivity index (χ2v) is 5.37. The van der Waals surface area contributed by atoms with Crippen LogP contribution < -0.4 is 9.80 Å². The van der Waals surface area contributed by atoms with Gasteiger partial charge >= 0.3 is 0 Å². The minimum atomic E-state index is 0.125. The predicted octanol–water partition coefficient (Wildman–Crippen LogP) is 2.35. The van der Waals surface area contributed by atoms with Crippen molar-refractivity contribution in [3.8, 4) is 0 Å². The molecule has 20 heavy (non-hydrogen) atoms. The maximum absolute atomic E-state index is 12.0. The van der Waals surface area contributed by atoms with Crippen LogP contribution in [0, 0.1) is 5.92 Å². The van der Waals surface area contributed by atoms with E-state index in [2.05, 4.69) is 6.58 Å². The number of rotatable bonds is 3. The molecule has 0 radical (unpaired) electrons. The lowest BCUT2D eigenvalue weighted by Crippen LogP contribution is -2.26. The zero-order valence-electron chi connectivity index (χ0n) is 11.4. The summed E-state index contributed by atoms with van der Waals surface area (Å²) in [5.41, 5.74) is 1.76. The van der Waals surface area contributed by atoms with E-state index in [1.807, 2.05) is 30.3 Å². The third-order valence-electron chi connectivity index (χ3n) is 4.01. The van der Waals surface area contributed by atoms with Crippen molar-refractivity contribution in [3.05, 3.63) is 36.9 Å². The average Bonchev–Trinajstić information content (AvgIpc) is 3.05. The van der Waals surface area contributed by atoms with Crippen LogP contribution in [0.15, 0.2) is 36.9 Å². The Morgan fingerprint density at radius 2 is 1.90 bits per heavy atom. The number of hydrogen-bond acceptors (Lipinski definition) is 2. The molecule has 0 aliphatic carbocycles. The van der Waals surface area contributed by atoms with E-state index in [4.69, 9.17) is 0 Å². The zero-order valence-corrected chi connectivity index (χ0v) is 11.4. The van der Waals surface area contributed by atoms with Crippen LogP contribution in [-0.4, -0.2) is 24.9 Å². The Morgan fingerprint density at radius 3 is 2.50 bits per heavy atom. The van der Waals surface area contributed by atoms with Gasteiger partial charge in [-0.3, -0.25) is 9.59 Å². The summed E-state index contributed by atoms with van der Waals surface area (Å²) in [7, 11) is 0. The normalized spacial score (nSPS) is 22.7. The highest BCUT2D eigenvalue weighted by atomic mass is 16.2. The molecule has 4 heteroatoms. The van der Waals surface area contributed by atoms with Crippen molar-refractivity contribution in [2.45, 2.75) is 19.3 Å². The minimum Gasteiger partial charge on any atom is -0.312 e. The van der Waals surface area contributed by atoms with Crippen LogP contribution in [0.1, 0.15) is 19.3 Å². The van der Waals surface area contributed by atoms with E-state index in [9.17, 15) is 9.59 Å². The van der Waals surface area contributed by atoms with Gasteiger partial charge < -0.3 is 9.80 Å². The van der Waals surface area contributed by atoms with Crippen LogP contribution >= 0.6 is 0 Å². The molecule has 2 heterocycles. The van der Waals surface area contributed by atoms with E-state index < -0.39 is 0 Å². The van der Waals surface area contributed by atoms with Crippen molar-refractivity contribution in [2.75, 3.05) is 22.9 Å². The van der Waals surface area contributed by atoms with Crippen LogP contribution in [0.2, 0.25) is 0 Å². The molecule has 1 aromatic carbocycles. The molecular formula is C16H18N2O2. The Kier molecular flexibility index (Phi) is 3.30. The summed E-state index contributed by atoms with van der Waals surface area (Å²) in [4.78, 5) is 27.4. The first-order valence-corrected chi connectivity index (χ1v) is 7.02. The lowest BCUT2D eigenvalue weighted by Gasteiger charge is -2.20. The fourth-order valence-corrected chi connectivity index (χ4v) is 2.89. The highest BCUT2D eigenvalue weighted by molar-refractivity contribution is 5.98. The Balaban J connectivity index is 1.86. The lowest BCUT2D eigenvalue weighted by atomic mass is 10.1. The van der Waals surface area contributed by atoms with Gasteiger partial charge in [-0.15, -0.1) is 6.58 Å². The molecule has 2 aliphatic heterocycles. The van der Waals surface area contributed by atoms with Gasteiger partial charge in [0.15, 0.2) is 0 Å². The molecule has 0 saturated carbocycles. The lowest BCUT2D eigenvalue weighted by molar-refractivity contribution is -0.117. The molecule has 2 aliphatic rings. The standard InChI is InChI=1S/C16H18N2O2/c1-2-12-9-16(20)18(11-12)14-6-3-5-13(10-14)17-8-4-7-15(17)19/h2-3,5-6,10,12H,1,4,7-9,11H2. The van der Waals surface area contributed by atoms with E-state index in [1.165, 1.54) is 0 Å². The average molecular weight is 270 g/mol. The van der Waals surface area contributed by atoms with Crippen molar-refractivity contribution in [1.82, 2.24) is 0 Å². The van der Waals surface area contributed by atoms with E-state index in [-0.39, 0.29) is 17.7 Å².